The van der Waals surface area contributed by atoms with Crippen molar-refractivity contribution in [2.75, 3.05) is 21.1 Å². The molecule has 0 spiro atoms. The predicted octanol–water partition coefficient (Wildman–Crippen LogP) is 4.28. The van der Waals surface area contributed by atoms with E-state index in [1.165, 1.54) is 0 Å². The molecule has 2 rings (SSSR count). The minimum Gasteiger partial charge on any atom is -0.312 e. The summed E-state index contributed by atoms with van der Waals surface area (Å²) in [6.45, 7) is 0. The third-order valence-electron chi connectivity index (χ3n) is 1.79. The zero-order chi connectivity index (χ0) is 13.2. The van der Waals surface area contributed by atoms with Gasteiger partial charge < -0.3 is 4.90 Å². The highest BCUT2D eigenvalue weighted by molar-refractivity contribution is 5.39. The second kappa shape index (κ2) is 8.14. The number of azo groups is 1. The molecule has 0 N–H and O–H groups in total. The smallest absolute Gasteiger partial charge is 0.0857 e. The average Bonchev–Trinajstić information content (AvgIpc) is 2.38. The molecule has 94 valence electrons. The zero-order valence-corrected chi connectivity index (χ0v) is 11.1. The predicted molar refractivity (Wildman–Crippen MR) is 76.7 cm³/mol. The van der Waals surface area contributed by atoms with Gasteiger partial charge in [0.05, 0.1) is 11.4 Å². The molecule has 2 aromatic rings. The van der Waals surface area contributed by atoms with Gasteiger partial charge in [-0.05, 0) is 45.4 Å². The molecule has 0 bridgehead atoms. The summed E-state index contributed by atoms with van der Waals surface area (Å²) in [7, 11) is 6.00. The topological polar surface area (TPSA) is 28.0 Å². The van der Waals surface area contributed by atoms with Crippen molar-refractivity contribution in [2.45, 2.75) is 0 Å². The Hall–Kier alpha value is -2.00. The maximum atomic E-state index is 4.10. The van der Waals surface area contributed by atoms with Crippen LogP contribution in [0.3, 0.4) is 0 Å². The normalized spacial score (nSPS) is 10.2. The summed E-state index contributed by atoms with van der Waals surface area (Å²) in [6.07, 6.45) is 0. The largest absolute Gasteiger partial charge is 0.312 e. The Morgan fingerprint density at radius 1 is 0.611 bits per heavy atom. The van der Waals surface area contributed by atoms with E-state index < -0.39 is 0 Å². The van der Waals surface area contributed by atoms with Gasteiger partial charge in [0.15, 0.2) is 0 Å². The first kappa shape index (κ1) is 14.1. The van der Waals surface area contributed by atoms with E-state index in [9.17, 15) is 0 Å². The average molecular weight is 241 g/mol. The van der Waals surface area contributed by atoms with Gasteiger partial charge in [-0.2, -0.15) is 10.2 Å². The minimum atomic E-state index is 0.872. The van der Waals surface area contributed by atoms with E-state index in [1.54, 1.807) is 0 Å². The van der Waals surface area contributed by atoms with E-state index in [0.29, 0.717) is 0 Å². The molecule has 2 aromatic carbocycles. The highest BCUT2D eigenvalue weighted by Gasteiger charge is 1.86. The summed E-state index contributed by atoms with van der Waals surface area (Å²) in [4.78, 5) is 2.00. The number of hydrogen-bond donors (Lipinski definition) is 0. The highest BCUT2D eigenvalue weighted by atomic mass is 15.1. The van der Waals surface area contributed by atoms with Crippen molar-refractivity contribution in [3.63, 3.8) is 0 Å². The summed E-state index contributed by atoms with van der Waals surface area (Å²) < 4.78 is 0. The molecule has 0 amide bonds. The molecule has 3 heteroatoms. The van der Waals surface area contributed by atoms with Crippen LogP contribution >= 0.6 is 0 Å². The summed E-state index contributed by atoms with van der Waals surface area (Å²) in [6, 6.07) is 19.4. The fourth-order valence-corrected chi connectivity index (χ4v) is 1.10. The number of hydrogen-bond acceptors (Lipinski definition) is 3. The van der Waals surface area contributed by atoms with Gasteiger partial charge in [-0.3, -0.25) is 0 Å². The van der Waals surface area contributed by atoms with E-state index in [0.717, 1.165) is 11.4 Å². The number of nitrogens with zero attached hydrogens (tertiary/aromatic N) is 3. The van der Waals surface area contributed by atoms with Crippen LogP contribution in [-0.4, -0.2) is 26.0 Å². The molecule has 0 atom stereocenters. The fourth-order valence-electron chi connectivity index (χ4n) is 1.10. The maximum absolute atomic E-state index is 4.10. The first-order valence-corrected chi connectivity index (χ1v) is 5.81. The fraction of sp³-hybridized carbons (Fsp3) is 0.200. The Kier molecular flexibility index (Phi) is 6.36. The number of benzene rings is 2. The molecule has 0 saturated heterocycles. The lowest BCUT2D eigenvalue weighted by Gasteiger charge is -1.91. The Bertz CT molecular complexity index is 405. The molecule has 18 heavy (non-hydrogen) atoms. The standard InChI is InChI=1S/C12H10N2.C3H9N/c1-3-7-11(8-4-1)13-14-12-9-5-2-6-10-12;1-4(2)3/h1-10H;1-3H3. The Morgan fingerprint density at radius 2 is 0.889 bits per heavy atom. The summed E-state index contributed by atoms with van der Waals surface area (Å²) in [5.41, 5.74) is 1.74. The van der Waals surface area contributed by atoms with Crippen LogP contribution in [-0.2, 0) is 0 Å². The van der Waals surface area contributed by atoms with Crippen molar-refractivity contribution in [2.24, 2.45) is 10.2 Å². The van der Waals surface area contributed by atoms with Gasteiger partial charge in [-0.1, -0.05) is 36.4 Å². The highest BCUT2D eigenvalue weighted by Crippen LogP contribution is 2.16. The van der Waals surface area contributed by atoms with Crippen molar-refractivity contribution >= 4 is 11.4 Å². The molecule has 0 aliphatic heterocycles. The van der Waals surface area contributed by atoms with Crippen molar-refractivity contribution in [1.29, 1.82) is 0 Å². The molecular weight excluding hydrogens is 222 g/mol. The van der Waals surface area contributed by atoms with Gasteiger partial charge in [-0.15, -0.1) is 0 Å². The monoisotopic (exact) mass is 241 g/mol. The van der Waals surface area contributed by atoms with Crippen molar-refractivity contribution in [1.82, 2.24) is 4.90 Å². The lowest BCUT2D eigenvalue weighted by atomic mass is 10.3. The maximum Gasteiger partial charge on any atom is 0.0857 e. The second-order valence-electron chi connectivity index (χ2n) is 4.21. The Balaban J connectivity index is 0.000000357. The molecule has 0 aromatic heterocycles. The minimum absolute atomic E-state index is 0.872. The lowest BCUT2D eigenvalue weighted by Crippen LogP contribution is -1.99. The second-order valence-corrected chi connectivity index (χ2v) is 4.21. The van der Waals surface area contributed by atoms with Crippen LogP contribution in [0, 0.1) is 0 Å². The van der Waals surface area contributed by atoms with E-state index in [1.807, 2.05) is 86.7 Å². The SMILES string of the molecule is CN(C)C.c1ccc(N=Nc2ccccc2)cc1. The van der Waals surface area contributed by atoms with E-state index in [2.05, 4.69) is 10.2 Å². The van der Waals surface area contributed by atoms with Crippen molar-refractivity contribution in [3.8, 4) is 0 Å². The first-order valence-electron chi connectivity index (χ1n) is 5.81. The Morgan fingerprint density at radius 3 is 1.17 bits per heavy atom. The molecular formula is C15H19N3. The summed E-state index contributed by atoms with van der Waals surface area (Å²) in [5, 5.41) is 8.20. The molecule has 0 aliphatic rings. The third-order valence-corrected chi connectivity index (χ3v) is 1.79. The van der Waals surface area contributed by atoms with Crippen molar-refractivity contribution in [3.05, 3.63) is 60.7 Å². The van der Waals surface area contributed by atoms with Crippen molar-refractivity contribution < 1.29 is 0 Å². The van der Waals surface area contributed by atoms with E-state index >= 15 is 0 Å². The molecule has 3 nitrogen and oxygen atoms in total. The van der Waals surface area contributed by atoms with E-state index in [-0.39, 0.29) is 0 Å². The zero-order valence-electron chi connectivity index (χ0n) is 11.1. The van der Waals surface area contributed by atoms with Gasteiger partial charge in [0, 0.05) is 0 Å². The van der Waals surface area contributed by atoms with Gasteiger partial charge >= 0.3 is 0 Å². The molecule has 0 aliphatic carbocycles. The van der Waals surface area contributed by atoms with E-state index in [4.69, 9.17) is 0 Å². The molecule has 0 saturated carbocycles. The van der Waals surface area contributed by atoms with Crippen LogP contribution in [0.15, 0.2) is 70.9 Å². The van der Waals surface area contributed by atoms with Gasteiger partial charge in [0.2, 0.25) is 0 Å². The number of rotatable bonds is 2. The van der Waals surface area contributed by atoms with Crippen LogP contribution in [0.4, 0.5) is 11.4 Å². The molecule has 0 unspecified atom stereocenters. The third kappa shape index (κ3) is 6.55. The van der Waals surface area contributed by atoms with Crippen LogP contribution in [0.2, 0.25) is 0 Å². The first-order chi connectivity index (χ1) is 8.68. The quantitative estimate of drug-likeness (QED) is 0.721. The van der Waals surface area contributed by atoms with Gasteiger partial charge in [0.1, 0.15) is 0 Å². The molecule has 0 heterocycles. The Labute approximate surface area is 109 Å². The molecule has 0 radical (unpaired) electrons. The van der Waals surface area contributed by atoms with Crippen LogP contribution in [0.1, 0.15) is 0 Å². The lowest BCUT2D eigenvalue weighted by molar-refractivity contribution is 0.505. The summed E-state index contributed by atoms with van der Waals surface area (Å²) >= 11 is 0. The van der Waals surface area contributed by atoms with Crippen LogP contribution in [0.5, 0.6) is 0 Å². The molecule has 0 fully saturated rings. The van der Waals surface area contributed by atoms with Crippen LogP contribution in [0.25, 0.3) is 0 Å². The van der Waals surface area contributed by atoms with Gasteiger partial charge in [-0.25, -0.2) is 0 Å². The van der Waals surface area contributed by atoms with Crippen LogP contribution < -0.4 is 0 Å². The van der Waals surface area contributed by atoms with Gasteiger partial charge in [0.25, 0.3) is 0 Å². The summed E-state index contributed by atoms with van der Waals surface area (Å²) in [5.74, 6) is 0.